The van der Waals surface area contributed by atoms with E-state index in [0.29, 0.717) is 30.9 Å². The van der Waals surface area contributed by atoms with Gasteiger partial charge < -0.3 is 9.64 Å². The molecule has 1 aromatic rings. The van der Waals surface area contributed by atoms with Crippen molar-refractivity contribution in [3.05, 3.63) is 46.5 Å². The third-order valence-electron chi connectivity index (χ3n) is 3.51. The summed E-state index contributed by atoms with van der Waals surface area (Å²) >= 11 is 0. The lowest BCUT2D eigenvalue weighted by Crippen LogP contribution is -2.23. The standard InChI is InChI=1S/C15H18N2O4/c1-3-8-21-13-6-7-16(10-13)14-5-4-12(11(2)18)9-15(14)17(19)20/h3-5,9,13H,1,6-8,10H2,2H3. The molecule has 0 spiro atoms. The number of hydrogen-bond donors (Lipinski definition) is 0. The number of hydrogen-bond acceptors (Lipinski definition) is 5. The third-order valence-corrected chi connectivity index (χ3v) is 3.51. The number of Topliss-reactive ketones (excluding diaryl/α,β-unsaturated/α-hetero) is 1. The lowest BCUT2D eigenvalue weighted by Gasteiger charge is -2.18. The summed E-state index contributed by atoms with van der Waals surface area (Å²) in [5.41, 5.74) is 0.853. The van der Waals surface area contributed by atoms with Crippen LogP contribution in [0.25, 0.3) is 0 Å². The van der Waals surface area contributed by atoms with Crippen LogP contribution in [0.4, 0.5) is 11.4 Å². The molecule has 1 aromatic carbocycles. The summed E-state index contributed by atoms with van der Waals surface area (Å²) < 4.78 is 5.58. The molecule has 0 radical (unpaired) electrons. The minimum Gasteiger partial charge on any atom is -0.372 e. The van der Waals surface area contributed by atoms with Crippen LogP contribution in [0.5, 0.6) is 0 Å². The Morgan fingerprint density at radius 1 is 1.62 bits per heavy atom. The second-order valence-corrected chi connectivity index (χ2v) is 5.00. The Labute approximate surface area is 123 Å². The van der Waals surface area contributed by atoms with Gasteiger partial charge in [0.2, 0.25) is 0 Å². The maximum Gasteiger partial charge on any atom is 0.293 e. The Balaban J connectivity index is 2.22. The van der Waals surface area contributed by atoms with E-state index in [1.54, 1.807) is 18.2 Å². The number of anilines is 1. The summed E-state index contributed by atoms with van der Waals surface area (Å²) in [6.45, 7) is 6.78. The monoisotopic (exact) mass is 290 g/mol. The zero-order valence-corrected chi connectivity index (χ0v) is 11.9. The van der Waals surface area contributed by atoms with Crippen molar-refractivity contribution in [2.45, 2.75) is 19.4 Å². The predicted molar refractivity (Wildman–Crippen MR) is 79.9 cm³/mol. The minimum atomic E-state index is -0.445. The molecule has 21 heavy (non-hydrogen) atoms. The lowest BCUT2D eigenvalue weighted by molar-refractivity contribution is -0.384. The fourth-order valence-corrected chi connectivity index (χ4v) is 2.44. The van der Waals surface area contributed by atoms with E-state index in [-0.39, 0.29) is 17.6 Å². The Bertz CT molecular complexity index is 571. The molecule has 0 saturated carbocycles. The summed E-state index contributed by atoms with van der Waals surface area (Å²) in [5, 5.41) is 11.2. The first-order chi connectivity index (χ1) is 10.0. The van der Waals surface area contributed by atoms with Gasteiger partial charge in [0.15, 0.2) is 5.78 Å². The van der Waals surface area contributed by atoms with Crippen LogP contribution in [-0.2, 0) is 4.74 Å². The van der Waals surface area contributed by atoms with Crippen LogP contribution in [0.15, 0.2) is 30.9 Å². The molecule has 1 aliphatic heterocycles. The zero-order chi connectivity index (χ0) is 15.4. The van der Waals surface area contributed by atoms with E-state index >= 15 is 0 Å². The summed E-state index contributed by atoms with van der Waals surface area (Å²) in [7, 11) is 0. The normalized spacial score (nSPS) is 17.8. The number of ether oxygens (including phenoxy) is 1. The largest absolute Gasteiger partial charge is 0.372 e. The molecular weight excluding hydrogens is 272 g/mol. The van der Waals surface area contributed by atoms with Crippen molar-refractivity contribution < 1.29 is 14.5 Å². The molecule has 1 unspecified atom stereocenters. The van der Waals surface area contributed by atoms with Crippen LogP contribution in [-0.4, -0.2) is 36.5 Å². The molecule has 0 aromatic heterocycles. The van der Waals surface area contributed by atoms with Crippen molar-refractivity contribution >= 4 is 17.2 Å². The average Bonchev–Trinajstić information content (AvgIpc) is 2.92. The van der Waals surface area contributed by atoms with Crippen molar-refractivity contribution in [1.29, 1.82) is 0 Å². The van der Waals surface area contributed by atoms with Crippen LogP contribution in [0, 0.1) is 10.1 Å². The lowest BCUT2D eigenvalue weighted by atomic mass is 10.1. The maximum atomic E-state index is 11.4. The molecule has 2 rings (SSSR count). The highest BCUT2D eigenvalue weighted by molar-refractivity contribution is 5.95. The highest BCUT2D eigenvalue weighted by Gasteiger charge is 2.28. The third kappa shape index (κ3) is 3.46. The number of ketones is 1. The van der Waals surface area contributed by atoms with Gasteiger partial charge >= 0.3 is 0 Å². The SMILES string of the molecule is C=CCOC1CCN(c2ccc(C(C)=O)cc2[N+](=O)[O-])C1. The van der Waals surface area contributed by atoms with E-state index in [4.69, 9.17) is 4.74 Å². The highest BCUT2D eigenvalue weighted by atomic mass is 16.6. The molecular formula is C15H18N2O4. The number of nitro groups is 1. The average molecular weight is 290 g/mol. The van der Waals surface area contributed by atoms with E-state index in [2.05, 4.69) is 6.58 Å². The maximum absolute atomic E-state index is 11.4. The molecule has 6 heteroatoms. The molecule has 6 nitrogen and oxygen atoms in total. The summed E-state index contributed by atoms with van der Waals surface area (Å²) in [6, 6.07) is 4.61. The van der Waals surface area contributed by atoms with Gasteiger partial charge in [0, 0.05) is 24.7 Å². The first-order valence-electron chi connectivity index (χ1n) is 6.79. The fraction of sp³-hybridized carbons (Fsp3) is 0.400. The smallest absolute Gasteiger partial charge is 0.293 e. The Morgan fingerprint density at radius 2 is 2.38 bits per heavy atom. The molecule has 0 aliphatic carbocycles. The van der Waals surface area contributed by atoms with Crippen molar-refractivity contribution in [2.75, 3.05) is 24.6 Å². The minimum absolute atomic E-state index is 0.0351. The Morgan fingerprint density at radius 3 is 3.00 bits per heavy atom. The van der Waals surface area contributed by atoms with Crippen molar-refractivity contribution in [1.82, 2.24) is 0 Å². The van der Waals surface area contributed by atoms with Gasteiger partial charge in [0.25, 0.3) is 5.69 Å². The number of carbonyl (C=O) groups excluding carboxylic acids is 1. The highest BCUT2D eigenvalue weighted by Crippen LogP contribution is 2.32. The molecule has 1 saturated heterocycles. The van der Waals surface area contributed by atoms with Gasteiger partial charge in [-0.1, -0.05) is 6.08 Å². The first kappa shape index (κ1) is 15.2. The number of carbonyl (C=O) groups is 1. The van der Waals surface area contributed by atoms with Gasteiger partial charge in [-0.15, -0.1) is 6.58 Å². The van der Waals surface area contributed by atoms with Crippen molar-refractivity contribution in [3.8, 4) is 0 Å². The van der Waals surface area contributed by atoms with Crippen molar-refractivity contribution in [2.24, 2.45) is 0 Å². The molecule has 0 bridgehead atoms. The second-order valence-electron chi connectivity index (χ2n) is 5.00. The van der Waals surface area contributed by atoms with E-state index in [9.17, 15) is 14.9 Å². The second kappa shape index (κ2) is 6.49. The predicted octanol–water partition coefficient (Wildman–Crippen LogP) is 2.58. The van der Waals surface area contributed by atoms with E-state index < -0.39 is 4.92 Å². The molecule has 1 heterocycles. The Hall–Kier alpha value is -2.21. The van der Waals surface area contributed by atoms with Gasteiger partial charge in [-0.05, 0) is 25.5 Å². The summed E-state index contributed by atoms with van der Waals surface area (Å²) in [4.78, 5) is 24.1. The zero-order valence-electron chi connectivity index (χ0n) is 11.9. The van der Waals surface area contributed by atoms with Gasteiger partial charge in [0.05, 0.1) is 17.6 Å². The van der Waals surface area contributed by atoms with Gasteiger partial charge in [-0.25, -0.2) is 0 Å². The van der Waals surface area contributed by atoms with E-state index in [0.717, 1.165) is 6.42 Å². The molecule has 1 fully saturated rings. The van der Waals surface area contributed by atoms with Gasteiger partial charge in [-0.2, -0.15) is 0 Å². The molecule has 0 N–H and O–H groups in total. The summed E-state index contributed by atoms with van der Waals surface area (Å²) in [6.07, 6.45) is 2.56. The molecule has 112 valence electrons. The molecule has 1 atom stereocenters. The number of benzene rings is 1. The van der Waals surface area contributed by atoms with Gasteiger partial charge in [-0.3, -0.25) is 14.9 Å². The van der Waals surface area contributed by atoms with Crippen molar-refractivity contribution in [3.63, 3.8) is 0 Å². The van der Waals surface area contributed by atoms with Crippen LogP contribution in [0.1, 0.15) is 23.7 Å². The quantitative estimate of drug-likeness (QED) is 0.348. The van der Waals surface area contributed by atoms with Gasteiger partial charge in [0.1, 0.15) is 5.69 Å². The number of nitrogens with zero attached hydrogens (tertiary/aromatic N) is 2. The van der Waals surface area contributed by atoms with Crippen LogP contribution >= 0.6 is 0 Å². The fourth-order valence-electron chi connectivity index (χ4n) is 2.44. The Kier molecular flexibility index (Phi) is 4.70. The van der Waals surface area contributed by atoms with E-state index in [1.165, 1.54) is 13.0 Å². The van der Waals surface area contributed by atoms with E-state index in [1.807, 2.05) is 4.90 Å². The first-order valence-corrected chi connectivity index (χ1v) is 6.79. The number of rotatable bonds is 6. The summed E-state index contributed by atoms with van der Waals surface area (Å²) in [5.74, 6) is -0.182. The molecule has 1 aliphatic rings. The van der Waals surface area contributed by atoms with Crippen LogP contribution < -0.4 is 4.90 Å². The topological polar surface area (TPSA) is 72.7 Å². The molecule has 0 amide bonds. The number of nitro benzene ring substituents is 1. The van der Waals surface area contributed by atoms with Crippen LogP contribution in [0.3, 0.4) is 0 Å². The van der Waals surface area contributed by atoms with Crippen LogP contribution in [0.2, 0.25) is 0 Å².